The first kappa shape index (κ1) is 19.4. The molecule has 5 nitrogen and oxygen atoms in total. The van der Waals surface area contributed by atoms with Crippen LogP contribution in [-0.4, -0.2) is 33.8 Å². The average Bonchev–Trinajstić information content (AvgIpc) is 3.40. The summed E-state index contributed by atoms with van der Waals surface area (Å²) in [6.07, 6.45) is 2.91. The number of hydrogen-bond donors (Lipinski definition) is 0. The molecule has 0 saturated carbocycles. The van der Waals surface area contributed by atoms with Crippen LogP contribution in [0.2, 0.25) is 0 Å². The number of fused-ring (bicyclic) bond motifs is 1. The van der Waals surface area contributed by atoms with E-state index in [0.29, 0.717) is 22.6 Å². The number of aromatic nitrogens is 2. The van der Waals surface area contributed by atoms with Gasteiger partial charge >= 0.3 is 0 Å². The largest absolute Gasteiger partial charge is 0.376 e. The Labute approximate surface area is 171 Å². The number of hydrogen-bond acceptors (Lipinski definition) is 6. The zero-order chi connectivity index (χ0) is 19.5. The Morgan fingerprint density at radius 3 is 2.93 bits per heavy atom. The molecule has 1 aromatic carbocycles. The van der Waals surface area contributed by atoms with Gasteiger partial charge < -0.3 is 4.74 Å². The van der Waals surface area contributed by atoms with Crippen LogP contribution >= 0.6 is 23.1 Å². The molecule has 0 radical (unpaired) electrons. The number of ketones is 1. The molecule has 3 heterocycles. The number of aryl methyl sites for hydroxylation is 1. The molecule has 3 aromatic rings. The van der Waals surface area contributed by atoms with Gasteiger partial charge in [-0.15, -0.1) is 11.3 Å². The second kappa shape index (κ2) is 8.59. The van der Waals surface area contributed by atoms with Gasteiger partial charge in [0.2, 0.25) is 0 Å². The summed E-state index contributed by atoms with van der Waals surface area (Å²) >= 11 is 2.87. The number of carbonyl (C=O) groups is 1. The van der Waals surface area contributed by atoms with Gasteiger partial charge in [0, 0.05) is 11.5 Å². The molecule has 0 N–H and O–H groups in total. The molecule has 146 valence electrons. The third-order valence-electron chi connectivity index (χ3n) is 4.85. The first-order valence-corrected chi connectivity index (χ1v) is 11.3. The number of carbonyl (C=O) groups excluding carboxylic acids is 1. The monoisotopic (exact) mass is 414 g/mol. The lowest BCUT2D eigenvalue weighted by molar-refractivity contribution is 0.0937. The molecular formula is C21H22N2O3S2. The highest BCUT2D eigenvalue weighted by Crippen LogP contribution is 2.24. The molecular weight excluding hydrogens is 392 g/mol. The smallest absolute Gasteiger partial charge is 0.262 e. The summed E-state index contributed by atoms with van der Waals surface area (Å²) in [5.74, 6) is 0.334. The number of thiophene rings is 1. The predicted molar refractivity (Wildman–Crippen MR) is 114 cm³/mol. The van der Waals surface area contributed by atoms with E-state index in [0.717, 1.165) is 30.7 Å². The predicted octanol–water partition coefficient (Wildman–Crippen LogP) is 4.17. The van der Waals surface area contributed by atoms with Crippen LogP contribution in [0.25, 0.3) is 10.9 Å². The molecule has 0 amide bonds. The Balaban J connectivity index is 1.62. The van der Waals surface area contributed by atoms with Crippen LogP contribution in [0.3, 0.4) is 0 Å². The Bertz CT molecular complexity index is 1050. The van der Waals surface area contributed by atoms with E-state index in [4.69, 9.17) is 4.74 Å². The summed E-state index contributed by atoms with van der Waals surface area (Å²) in [6, 6.07) is 11.3. The quantitative estimate of drug-likeness (QED) is 0.330. The molecule has 0 spiro atoms. The molecule has 1 saturated heterocycles. The van der Waals surface area contributed by atoms with Crippen LogP contribution in [0.4, 0.5) is 0 Å². The van der Waals surface area contributed by atoms with Crippen molar-refractivity contribution in [3.63, 3.8) is 0 Å². The third kappa shape index (κ3) is 4.06. The molecule has 0 aliphatic carbocycles. The first-order valence-electron chi connectivity index (χ1n) is 9.51. The Morgan fingerprint density at radius 2 is 2.18 bits per heavy atom. The van der Waals surface area contributed by atoms with Gasteiger partial charge in [-0.1, -0.05) is 30.8 Å². The zero-order valence-electron chi connectivity index (χ0n) is 15.7. The highest BCUT2D eigenvalue weighted by Gasteiger charge is 2.21. The van der Waals surface area contributed by atoms with Gasteiger partial charge in [-0.2, -0.15) is 0 Å². The second-order valence-electron chi connectivity index (χ2n) is 6.79. The fourth-order valence-corrected chi connectivity index (χ4v) is 5.20. The number of rotatable bonds is 7. The average molecular weight is 415 g/mol. The van der Waals surface area contributed by atoms with Crippen LogP contribution < -0.4 is 5.56 Å². The van der Waals surface area contributed by atoms with Gasteiger partial charge in [0.1, 0.15) is 0 Å². The highest BCUT2D eigenvalue weighted by molar-refractivity contribution is 7.99. The number of thioether (sulfide) groups is 1. The number of Topliss-reactive ketones (excluding diaryl/α,β-unsaturated/α-hetero) is 1. The van der Waals surface area contributed by atoms with E-state index in [1.807, 2.05) is 30.3 Å². The molecule has 2 aromatic heterocycles. The maximum Gasteiger partial charge on any atom is 0.262 e. The summed E-state index contributed by atoms with van der Waals surface area (Å²) < 4.78 is 7.41. The Kier molecular flexibility index (Phi) is 5.94. The van der Waals surface area contributed by atoms with Crippen molar-refractivity contribution in [1.82, 2.24) is 9.55 Å². The SMILES string of the molecule is CCc1ccc(C(=O)CSc2nc3ccccc3c(=O)n2C[C@H]2CCCO2)s1. The summed E-state index contributed by atoms with van der Waals surface area (Å²) in [5, 5.41) is 1.18. The van der Waals surface area contributed by atoms with Gasteiger partial charge in [0.25, 0.3) is 5.56 Å². The molecule has 7 heteroatoms. The molecule has 0 bridgehead atoms. The lowest BCUT2D eigenvalue weighted by atomic mass is 10.2. The van der Waals surface area contributed by atoms with Crippen molar-refractivity contribution in [1.29, 1.82) is 0 Å². The number of para-hydroxylation sites is 1. The van der Waals surface area contributed by atoms with Crippen molar-refractivity contribution in [3.05, 3.63) is 56.5 Å². The maximum absolute atomic E-state index is 13.1. The highest BCUT2D eigenvalue weighted by atomic mass is 32.2. The van der Waals surface area contributed by atoms with Crippen LogP contribution in [0.5, 0.6) is 0 Å². The van der Waals surface area contributed by atoms with Gasteiger partial charge in [-0.05, 0) is 43.5 Å². The van der Waals surface area contributed by atoms with E-state index in [1.165, 1.54) is 16.6 Å². The first-order chi connectivity index (χ1) is 13.7. The van der Waals surface area contributed by atoms with E-state index in [-0.39, 0.29) is 23.2 Å². The Morgan fingerprint density at radius 1 is 1.32 bits per heavy atom. The molecule has 4 rings (SSSR count). The van der Waals surface area contributed by atoms with Crippen LogP contribution in [0, 0.1) is 0 Å². The van der Waals surface area contributed by atoms with Crippen molar-refractivity contribution >= 4 is 39.8 Å². The summed E-state index contributed by atoms with van der Waals surface area (Å²) in [7, 11) is 0. The van der Waals surface area contributed by atoms with E-state index < -0.39 is 0 Å². The Hall–Kier alpha value is -1.96. The minimum Gasteiger partial charge on any atom is -0.376 e. The number of ether oxygens (including phenoxy) is 1. The third-order valence-corrected chi connectivity index (χ3v) is 7.10. The number of benzene rings is 1. The van der Waals surface area contributed by atoms with E-state index in [2.05, 4.69) is 11.9 Å². The topological polar surface area (TPSA) is 61.2 Å². The molecule has 0 unspecified atom stereocenters. The van der Waals surface area contributed by atoms with E-state index in [9.17, 15) is 9.59 Å². The summed E-state index contributed by atoms with van der Waals surface area (Å²) in [6.45, 7) is 3.29. The maximum atomic E-state index is 13.1. The van der Waals surface area contributed by atoms with E-state index >= 15 is 0 Å². The molecule has 1 aliphatic rings. The van der Waals surface area contributed by atoms with E-state index in [1.54, 1.807) is 22.0 Å². The summed E-state index contributed by atoms with van der Waals surface area (Å²) in [5.41, 5.74) is 0.593. The van der Waals surface area contributed by atoms with Crippen LogP contribution in [0.15, 0.2) is 46.3 Å². The summed E-state index contributed by atoms with van der Waals surface area (Å²) in [4.78, 5) is 32.3. The van der Waals surface area contributed by atoms with Crippen molar-refractivity contribution in [2.45, 2.75) is 44.0 Å². The van der Waals surface area contributed by atoms with Gasteiger partial charge in [0.05, 0.1) is 34.2 Å². The molecule has 1 atom stereocenters. The lowest BCUT2D eigenvalue weighted by Crippen LogP contribution is -2.29. The van der Waals surface area contributed by atoms with Gasteiger partial charge in [-0.3, -0.25) is 14.2 Å². The standard InChI is InChI=1S/C21H22N2O3S2/c1-2-15-9-10-19(28-15)18(24)13-27-21-22-17-8-4-3-7-16(17)20(25)23(21)12-14-6-5-11-26-14/h3-4,7-10,14H,2,5-6,11-13H2,1H3/t14-/m1/s1. The van der Waals surface area contributed by atoms with Gasteiger partial charge in [-0.25, -0.2) is 4.98 Å². The number of nitrogens with zero attached hydrogens (tertiary/aromatic N) is 2. The second-order valence-corrected chi connectivity index (χ2v) is 8.90. The van der Waals surface area contributed by atoms with Crippen molar-refractivity contribution < 1.29 is 9.53 Å². The molecule has 28 heavy (non-hydrogen) atoms. The lowest BCUT2D eigenvalue weighted by Gasteiger charge is -2.16. The van der Waals surface area contributed by atoms with Crippen molar-refractivity contribution in [2.24, 2.45) is 0 Å². The normalized spacial score (nSPS) is 16.7. The van der Waals surface area contributed by atoms with Crippen LogP contribution in [0.1, 0.15) is 34.3 Å². The molecule has 1 fully saturated rings. The molecule has 1 aliphatic heterocycles. The zero-order valence-corrected chi connectivity index (χ0v) is 17.4. The minimum absolute atomic E-state index is 0.0279. The van der Waals surface area contributed by atoms with Crippen LogP contribution in [-0.2, 0) is 17.7 Å². The minimum atomic E-state index is -0.0690. The van der Waals surface area contributed by atoms with Crippen molar-refractivity contribution in [2.75, 3.05) is 12.4 Å². The van der Waals surface area contributed by atoms with Crippen molar-refractivity contribution in [3.8, 4) is 0 Å². The fourth-order valence-electron chi connectivity index (χ4n) is 3.33. The fraction of sp³-hybridized carbons (Fsp3) is 0.381. The van der Waals surface area contributed by atoms with Gasteiger partial charge in [0.15, 0.2) is 10.9 Å².